The zero-order valence-corrected chi connectivity index (χ0v) is 10.6. The molecule has 1 aliphatic rings. The van der Waals surface area contributed by atoms with Gasteiger partial charge in [0.1, 0.15) is 5.75 Å². The SMILES string of the molecule is COc1ccccc1NC1(CO)CCCC1C. The number of rotatable bonds is 4. The van der Waals surface area contributed by atoms with Crippen molar-refractivity contribution in [2.24, 2.45) is 5.92 Å². The van der Waals surface area contributed by atoms with E-state index in [2.05, 4.69) is 12.2 Å². The minimum Gasteiger partial charge on any atom is -0.495 e. The number of aliphatic hydroxyl groups is 1. The first-order chi connectivity index (χ1) is 8.22. The highest BCUT2D eigenvalue weighted by Crippen LogP contribution is 2.39. The van der Waals surface area contributed by atoms with Crippen molar-refractivity contribution in [2.75, 3.05) is 19.0 Å². The van der Waals surface area contributed by atoms with Gasteiger partial charge in [-0.2, -0.15) is 0 Å². The second-order valence-corrected chi connectivity index (χ2v) is 4.93. The molecule has 0 aromatic heterocycles. The first kappa shape index (κ1) is 12.2. The van der Waals surface area contributed by atoms with Gasteiger partial charge in [-0.3, -0.25) is 0 Å². The number of hydrogen-bond acceptors (Lipinski definition) is 3. The highest BCUT2D eigenvalue weighted by molar-refractivity contribution is 5.58. The number of methoxy groups -OCH3 is 1. The van der Waals surface area contributed by atoms with E-state index in [9.17, 15) is 5.11 Å². The van der Waals surface area contributed by atoms with Gasteiger partial charge in [0.15, 0.2) is 0 Å². The molecule has 2 rings (SSSR count). The lowest BCUT2D eigenvalue weighted by Gasteiger charge is -2.34. The Hall–Kier alpha value is -1.22. The van der Waals surface area contributed by atoms with Crippen LogP contribution in [-0.4, -0.2) is 24.4 Å². The van der Waals surface area contributed by atoms with E-state index in [0.29, 0.717) is 5.92 Å². The summed E-state index contributed by atoms with van der Waals surface area (Å²) in [5, 5.41) is 13.2. The van der Waals surface area contributed by atoms with E-state index in [1.807, 2.05) is 24.3 Å². The quantitative estimate of drug-likeness (QED) is 0.843. The van der Waals surface area contributed by atoms with Crippen LogP contribution in [0.3, 0.4) is 0 Å². The maximum atomic E-state index is 9.71. The lowest BCUT2D eigenvalue weighted by atomic mass is 9.89. The van der Waals surface area contributed by atoms with Gasteiger partial charge in [-0.25, -0.2) is 0 Å². The molecular formula is C14H21NO2. The third-order valence-corrected chi connectivity index (χ3v) is 3.98. The Morgan fingerprint density at radius 1 is 1.47 bits per heavy atom. The molecule has 2 atom stereocenters. The summed E-state index contributed by atoms with van der Waals surface area (Å²) >= 11 is 0. The van der Waals surface area contributed by atoms with Gasteiger partial charge in [0, 0.05) is 0 Å². The van der Waals surface area contributed by atoms with Crippen molar-refractivity contribution in [3.8, 4) is 5.75 Å². The molecule has 1 aromatic carbocycles. The average Bonchev–Trinajstić information content (AvgIpc) is 2.72. The Bertz CT molecular complexity index is 380. The summed E-state index contributed by atoms with van der Waals surface area (Å²) in [5.41, 5.74) is 0.784. The van der Waals surface area contributed by atoms with Gasteiger partial charge in [0.25, 0.3) is 0 Å². The predicted octanol–water partition coefficient (Wildman–Crippen LogP) is 2.66. The number of nitrogens with one attached hydrogen (secondary N) is 1. The van der Waals surface area contributed by atoms with Crippen LogP contribution >= 0.6 is 0 Å². The van der Waals surface area contributed by atoms with Crippen molar-refractivity contribution >= 4 is 5.69 Å². The van der Waals surface area contributed by atoms with Gasteiger partial charge in [-0.15, -0.1) is 0 Å². The first-order valence-electron chi connectivity index (χ1n) is 6.24. The fourth-order valence-electron chi connectivity index (χ4n) is 2.72. The van der Waals surface area contributed by atoms with Crippen molar-refractivity contribution in [1.29, 1.82) is 0 Å². The molecular weight excluding hydrogens is 214 g/mol. The molecule has 0 spiro atoms. The lowest BCUT2D eigenvalue weighted by molar-refractivity contribution is 0.183. The molecule has 1 saturated carbocycles. The molecule has 0 radical (unpaired) electrons. The van der Waals surface area contributed by atoms with E-state index in [-0.39, 0.29) is 12.1 Å². The number of ether oxygens (including phenoxy) is 1. The van der Waals surface area contributed by atoms with Crippen molar-refractivity contribution in [1.82, 2.24) is 0 Å². The number of para-hydroxylation sites is 2. The van der Waals surface area contributed by atoms with Gasteiger partial charge >= 0.3 is 0 Å². The highest BCUT2D eigenvalue weighted by Gasteiger charge is 2.40. The Labute approximate surface area is 103 Å². The highest BCUT2D eigenvalue weighted by atomic mass is 16.5. The monoisotopic (exact) mass is 235 g/mol. The molecule has 1 aromatic rings. The van der Waals surface area contributed by atoms with Crippen LogP contribution in [0.4, 0.5) is 5.69 Å². The number of hydrogen-bond donors (Lipinski definition) is 2. The van der Waals surface area contributed by atoms with Crippen LogP contribution in [0.15, 0.2) is 24.3 Å². The van der Waals surface area contributed by atoms with Crippen LogP contribution in [0.25, 0.3) is 0 Å². The third kappa shape index (κ3) is 2.25. The largest absolute Gasteiger partial charge is 0.495 e. The van der Waals surface area contributed by atoms with Gasteiger partial charge in [-0.1, -0.05) is 25.5 Å². The fraction of sp³-hybridized carbons (Fsp3) is 0.571. The molecule has 2 unspecified atom stereocenters. The molecule has 3 heteroatoms. The maximum absolute atomic E-state index is 9.71. The summed E-state index contributed by atoms with van der Waals surface area (Å²) in [4.78, 5) is 0. The summed E-state index contributed by atoms with van der Waals surface area (Å²) in [5.74, 6) is 1.32. The van der Waals surface area contributed by atoms with Crippen LogP contribution in [0, 0.1) is 5.92 Å². The molecule has 3 nitrogen and oxygen atoms in total. The second-order valence-electron chi connectivity index (χ2n) is 4.93. The minimum absolute atomic E-state index is 0.173. The van der Waals surface area contributed by atoms with Crippen LogP contribution in [0.2, 0.25) is 0 Å². The van der Waals surface area contributed by atoms with E-state index >= 15 is 0 Å². The summed E-state index contributed by atoms with van der Waals surface area (Å²) < 4.78 is 5.34. The molecule has 0 bridgehead atoms. The van der Waals surface area contributed by atoms with E-state index < -0.39 is 0 Å². The Morgan fingerprint density at radius 3 is 2.82 bits per heavy atom. The molecule has 1 aliphatic carbocycles. The first-order valence-corrected chi connectivity index (χ1v) is 6.24. The third-order valence-electron chi connectivity index (χ3n) is 3.98. The van der Waals surface area contributed by atoms with Gasteiger partial charge < -0.3 is 15.2 Å². The standard InChI is InChI=1S/C14H21NO2/c1-11-6-5-9-14(11,10-16)15-12-7-3-4-8-13(12)17-2/h3-4,7-8,11,15-16H,5-6,9-10H2,1-2H3. The van der Waals surface area contributed by atoms with Crippen molar-refractivity contribution < 1.29 is 9.84 Å². The van der Waals surface area contributed by atoms with E-state index in [1.54, 1.807) is 7.11 Å². The summed E-state index contributed by atoms with van der Waals surface area (Å²) in [6.45, 7) is 2.37. The fourth-order valence-corrected chi connectivity index (χ4v) is 2.72. The van der Waals surface area contributed by atoms with Crippen molar-refractivity contribution in [3.63, 3.8) is 0 Å². The predicted molar refractivity (Wildman–Crippen MR) is 69.4 cm³/mol. The average molecular weight is 235 g/mol. The van der Waals surface area contributed by atoms with Crippen molar-refractivity contribution in [3.05, 3.63) is 24.3 Å². The van der Waals surface area contributed by atoms with Crippen LogP contribution < -0.4 is 10.1 Å². The molecule has 0 aliphatic heterocycles. The summed E-state index contributed by atoms with van der Waals surface area (Å²) in [6.07, 6.45) is 3.36. The van der Waals surface area contributed by atoms with Crippen LogP contribution in [-0.2, 0) is 0 Å². The molecule has 94 valence electrons. The summed E-state index contributed by atoms with van der Waals surface area (Å²) in [6, 6.07) is 7.87. The molecule has 0 amide bonds. The topological polar surface area (TPSA) is 41.5 Å². The van der Waals surface area contributed by atoms with Gasteiger partial charge in [0.05, 0.1) is 24.9 Å². The van der Waals surface area contributed by atoms with Crippen LogP contribution in [0.1, 0.15) is 26.2 Å². The van der Waals surface area contributed by atoms with E-state index in [1.165, 1.54) is 12.8 Å². The molecule has 1 fully saturated rings. The Morgan fingerprint density at radius 2 is 2.24 bits per heavy atom. The summed E-state index contributed by atoms with van der Waals surface area (Å²) in [7, 11) is 1.67. The van der Waals surface area contributed by atoms with Crippen LogP contribution in [0.5, 0.6) is 5.75 Å². The Balaban J connectivity index is 2.24. The van der Waals surface area contributed by atoms with Crippen molar-refractivity contribution in [2.45, 2.75) is 31.7 Å². The molecule has 2 N–H and O–H groups in total. The number of anilines is 1. The molecule has 0 heterocycles. The molecule has 0 saturated heterocycles. The van der Waals surface area contributed by atoms with E-state index in [4.69, 9.17) is 4.74 Å². The molecule has 17 heavy (non-hydrogen) atoms. The number of aliphatic hydroxyl groups excluding tert-OH is 1. The number of benzene rings is 1. The zero-order chi connectivity index (χ0) is 12.3. The van der Waals surface area contributed by atoms with Gasteiger partial charge in [-0.05, 0) is 30.9 Å². The minimum atomic E-state index is -0.186. The smallest absolute Gasteiger partial charge is 0.141 e. The maximum Gasteiger partial charge on any atom is 0.141 e. The Kier molecular flexibility index (Phi) is 3.57. The van der Waals surface area contributed by atoms with Gasteiger partial charge in [0.2, 0.25) is 0 Å². The van der Waals surface area contributed by atoms with E-state index in [0.717, 1.165) is 17.9 Å². The normalized spacial score (nSPS) is 28.1. The zero-order valence-electron chi connectivity index (χ0n) is 10.6. The lowest BCUT2D eigenvalue weighted by Crippen LogP contribution is -2.44. The second kappa shape index (κ2) is 4.96.